The van der Waals surface area contributed by atoms with E-state index in [1.165, 1.54) is 0 Å². The van der Waals surface area contributed by atoms with Gasteiger partial charge in [-0.1, -0.05) is 11.6 Å². The largest absolute Gasteiger partial charge is 0.367 e. The first-order valence-electron chi connectivity index (χ1n) is 8.37. The predicted octanol–water partition coefficient (Wildman–Crippen LogP) is 3.25. The average molecular weight is 368 g/mol. The number of pyridine rings is 1. The van der Waals surface area contributed by atoms with Crippen LogP contribution in [0.25, 0.3) is 10.9 Å². The molecule has 0 aliphatic carbocycles. The number of anilines is 1. The van der Waals surface area contributed by atoms with Crippen LogP contribution in [-0.2, 0) is 17.4 Å². The van der Waals surface area contributed by atoms with Gasteiger partial charge in [-0.2, -0.15) is 10.4 Å². The number of hydrogen-bond acceptors (Lipinski definition) is 5. The first-order chi connectivity index (χ1) is 12.5. The number of fused-ring (bicyclic) bond motifs is 1. The Labute approximate surface area is 156 Å². The lowest BCUT2D eigenvalue weighted by molar-refractivity contribution is -0.0468. The van der Waals surface area contributed by atoms with E-state index in [4.69, 9.17) is 21.3 Å². The van der Waals surface area contributed by atoms with Gasteiger partial charge in [0.15, 0.2) is 0 Å². The number of rotatable bonds is 2. The highest BCUT2D eigenvalue weighted by molar-refractivity contribution is 6.31. The van der Waals surface area contributed by atoms with Gasteiger partial charge in [0, 0.05) is 35.8 Å². The fraction of sp³-hybridized carbons (Fsp3) is 0.316. The van der Waals surface area contributed by atoms with Crippen LogP contribution in [0.15, 0.2) is 36.7 Å². The number of benzene rings is 1. The lowest BCUT2D eigenvalue weighted by atomic mass is 9.97. The molecule has 3 aromatic rings. The third kappa shape index (κ3) is 2.90. The number of aryl methyl sites for hydroxylation is 1. The van der Waals surface area contributed by atoms with Gasteiger partial charge in [0.05, 0.1) is 36.5 Å². The predicted molar refractivity (Wildman–Crippen MR) is 100 cm³/mol. The lowest BCUT2D eigenvalue weighted by Gasteiger charge is -2.40. The quantitative estimate of drug-likeness (QED) is 0.695. The molecule has 4 rings (SSSR count). The molecular weight excluding hydrogens is 350 g/mol. The number of hydrogen-bond donors (Lipinski definition) is 0. The fourth-order valence-electron chi connectivity index (χ4n) is 3.37. The van der Waals surface area contributed by atoms with E-state index in [2.05, 4.69) is 23.0 Å². The van der Waals surface area contributed by atoms with E-state index in [9.17, 15) is 5.26 Å². The number of aromatic nitrogens is 3. The molecule has 0 spiro atoms. The highest BCUT2D eigenvalue weighted by atomic mass is 35.5. The maximum Gasteiger partial charge on any atom is 0.130 e. The minimum absolute atomic E-state index is 0.476. The first kappa shape index (κ1) is 16.8. The molecule has 7 heteroatoms. The van der Waals surface area contributed by atoms with Gasteiger partial charge in [-0.05, 0) is 31.2 Å². The number of morpholine rings is 1. The molecular formula is C19H18ClN5O. The molecule has 0 saturated carbocycles. The summed E-state index contributed by atoms with van der Waals surface area (Å²) in [6, 6.07) is 9.52. The molecule has 1 fully saturated rings. The van der Waals surface area contributed by atoms with Crippen molar-refractivity contribution in [2.24, 2.45) is 7.05 Å². The van der Waals surface area contributed by atoms with Crippen LogP contribution in [-0.4, -0.2) is 34.5 Å². The second-order valence-corrected chi connectivity index (χ2v) is 7.14. The molecule has 0 amide bonds. The van der Waals surface area contributed by atoms with Crippen molar-refractivity contribution in [2.45, 2.75) is 12.5 Å². The smallest absolute Gasteiger partial charge is 0.130 e. The van der Waals surface area contributed by atoms with Crippen molar-refractivity contribution in [3.63, 3.8) is 0 Å². The summed E-state index contributed by atoms with van der Waals surface area (Å²) >= 11 is 6.07. The first-order valence-corrected chi connectivity index (χ1v) is 8.75. The van der Waals surface area contributed by atoms with Gasteiger partial charge in [-0.25, -0.2) is 4.98 Å². The maximum absolute atomic E-state index is 9.56. The summed E-state index contributed by atoms with van der Waals surface area (Å²) < 4.78 is 7.84. The van der Waals surface area contributed by atoms with Crippen molar-refractivity contribution in [1.29, 1.82) is 5.26 Å². The lowest BCUT2D eigenvalue weighted by Crippen LogP contribution is -2.48. The summed E-state index contributed by atoms with van der Waals surface area (Å²) in [6.07, 6.45) is 3.81. The molecule has 132 valence electrons. The Kier molecular flexibility index (Phi) is 4.06. The maximum atomic E-state index is 9.56. The van der Waals surface area contributed by atoms with Crippen molar-refractivity contribution in [3.8, 4) is 6.07 Å². The molecule has 6 nitrogen and oxygen atoms in total. The minimum atomic E-state index is -0.476. The molecule has 0 bridgehead atoms. The summed E-state index contributed by atoms with van der Waals surface area (Å²) in [7, 11) is 1.89. The molecule has 0 radical (unpaired) electrons. The topological polar surface area (TPSA) is 67.0 Å². The average Bonchev–Trinajstić information content (AvgIpc) is 3.08. The Hall–Kier alpha value is -2.62. The van der Waals surface area contributed by atoms with Crippen molar-refractivity contribution < 1.29 is 4.74 Å². The van der Waals surface area contributed by atoms with Crippen LogP contribution in [0.3, 0.4) is 0 Å². The molecule has 3 heterocycles. The zero-order valence-corrected chi connectivity index (χ0v) is 15.4. The van der Waals surface area contributed by atoms with E-state index in [0.717, 1.165) is 22.3 Å². The summed E-state index contributed by atoms with van der Waals surface area (Å²) in [5, 5.41) is 15.2. The Morgan fingerprint density at radius 1 is 1.35 bits per heavy atom. The zero-order valence-electron chi connectivity index (χ0n) is 14.6. The number of nitriles is 1. The van der Waals surface area contributed by atoms with E-state index in [-0.39, 0.29) is 0 Å². The number of halogens is 1. The molecule has 2 aromatic heterocycles. The Bertz CT molecular complexity index is 1020. The van der Waals surface area contributed by atoms with Gasteiger partial charge in [0.25, 0.3) is 0 Å². The molecule has 1 aliphatic heterocycles. The minimum Gasteiger partial charge on any atom is -0.367 e. The highest BCUT2D eigenvalue weighted by Gasteiger charge is 2.35. The molecule has 0 N–H and O–H groups in total. The standard InChI is InChI=1S/C19H18ClN5O/c1-19(14-10-22-24(2)11-14)12-25(5-6-26-19)18-7-13(9-21)16-8-15(20)3-4-17(16)23-18/h3-4,7-8,10-11H,5-6,12H2,1-2H3. The van der Waals surface area contributed by atoms with E-state index in [0.29, 0.717) is 30.3 Å². The monoisotopic (exact) mass is 367 g/mol. The van der Waals surface area contributed by atoms with Gasteiger partial charge in [-0.3, -0.25) is 4.68 Å². The Morgan fingerprint density at radius 3 is 2.92 bits per heavy atom. The van der Waals surface area contributed by atoms with Crippen LogP contribution in [0, 0.1) is 11.3 Å². The van der Waals surface area contributed by atoms with E-state index < -0.39 is 5.60 Å². The molecule has 1 aromatic carbocycles. The Morgan fingerprint density at radius 2 is 2.19 bits per heavy atom. The van der Waals surface area contributed by atoms with Crippen molar-refractivity contribution in [2.75, 3.05) is 24.6 Å². The van der Waals surface area contributed by atoms with Crippen LogP contribution in [0.2, 0.25) is 5.02 Å². The van der Waals surface area contributed by atoms with Crippen molar-refractivity contribution in [1.82, 2.24) is 14.8 Å². The molecule has 1 unspecified atom stereocenters. The summed E-state index contributed by atoms with van der Waals surface area (Å²) in [4.78, 5) is 6.91. The molecule has 1 aliphatic rings. The second kappa shape index (κ2) is 6.27. The summed E-state index contributed by atoms with van der Waals surface area (Å²) in [5.74, 6) is 0.773. The molecule has 1 saturated heterocycles. The van der Waals surface area contributed by atoms with Crippen LogP contribution < -0.4 is 4.90 Å². The highest BCUT2D eigenvalue weighted by Crippen LogP contribution is 2.32. The fourth-order valence-corrected chi connectivity index (χ4v) is 3.55. The van der Waals surface area contributed by atoms with Gasteiger partial charge in [-0.15, -0.1) is 0 Å². The third-order valence-electron chi connectivity index (χ3n) is 4.79. The normalized spacial score (nSPS) is 20.3. The van der Waals surface area contributed by atoms with Crippen molar-refractivity contribution in [3.05, 3.63) is 52.8 Å². The number of ether oxygens (including phenoxy) is 1. The van der Waals surface area contributed by atoms with Gasteiger partial charge in [0.1, 0.15) is 11.4 Å². The second-order valence-electron chi connectivity index (χ2n) is 6.70. The molecule has 26 heavy (non-hydrogen) atoms. The van der Waals surface area contributed by atoms with Crippen LogP contribution in [0.4, 0.5) is 5.82 Å². The van der Waals surface area contributed by atoms with Gasteiger partial charge in [0.2, 0.25) is 0 Å². The van der Waals surface area contributed by atoms with E-state index >= 15 is 0 Å². The summed E-state index contributed by atoms with van der Waals surface area (Å²) in [5.41, 5.74) is 1.88. The van der Waals surface area contributed by atoms with E-state index in [1.807, 2.05) is 31.6 Å². The third-order valence-corrected chi connectivity index (χ3v) is 5.03. The van der Waals surface area contributed by atoms with Gasteiger partial charge >= 0.3 is 0 Å². The SMILES string of the molecule is Cn1cc(C2(C)CN(c3cc(C#N)c4cc(Cl)ccc4n3)CCO2)cn1. The van der Waals surface area contributed by atoms with Crippen LogP contribution in [0.5, 0.6) is 0 Å². The van der Waals surface area contributed by atoms with Gasteiger partial charge < -0.3 is 9.64 Å². The Balaban J connectivity index is 1.73. The number of nitrogens with zero attached hydrogens (tertiary/aromatic N) is 5. The van der Waals surface area contributed by atoms with Crippen LogP contribution in [0.1, 0.15) is 18.1 Å². The zero-order chi connectivity index (χ0) is 18.3. The van der Waals surface area contributed by atoms with Crippen molar-refractivity contribution >= 4 is 28.3 Å². The van der Waals surface area contributed by atoms with Crippen LogP contribution >= 0.6 is 11.6 Å². The van der Waals surface area contributed by atoms with E-state index in [1.54, 1.807) is 16.8 Å². The summed E-state index contributed by atoms with van der Waals surface area (Å²) in [6.45, 7) is 3.98. The molecule has 1 atom stereocenters.